The summed E-state index contributed by atoms with van der Waals surface area (Å²) in [5.41, 5.74) is 0. The van der Waals surface area contributed by atoms with Crippen molar-refractivity contribution in [2.75, 3.05) is 12.5 Å². The van der Waals surface area contributed by atoms with Crippen molar-refractivity contribution in [1.82, 2.24) is 0 Å². The maximum absolute atomic E-state index is 9.24. The molecular weight excluding hydrogens is 232 g/mol. The summed E-state index contributed by atoms with van der Waals surface area (Å²) in [6, 6.07) is 7.93. The number of benzene rings is 1. The zero-order valence-corrected chi connectivity index (χ0v) is 9.59. The SMILES string of the molecule is OC(CCl)COc1ccc2sccc2c1. The lowest BCUT2D eigenvalue weighted by atomic mass is 10.2. The van der Waals surface area contributed by atoms with Crippen LogP contribution in [0.15, 0.2) is 29.6 Å². The number of hydrogen-bond acceptors (Lipinski definition) is 3. The minimum Gasteiger partial charge on any atom is -0.491 e. The van der Waals surface area contributed by atoms with E-state index in [0.717, 1.165) is 11.1 Å². The minimum absolute atomic E-state index is 0.195. The first-order valence-electron chi connectivity index (χ1n) is 4.63. The van der Waals surface area contributed by atoms with E-state index in [1.54, 1.807) is 11.3 Å². The van der Waals surface area contributed by atoms with Crippen molar-refractivity contribution in [3.63, 3.8) is 0 Å². The van der Waals surface area contributed by atoms with E-state index < -0.39 is 6.10 Å². The molecule has 1 aromatic heterocycles. The Bertz CT molecular complexity index is 441. The van der Waals surface area contributed by atoms with E-state index in [1.165, 1.54) is 4.70 Å². The molecule has 1 atom stereocenters. The Labute approximate surface area is 97.1 Å². The van der Waals surface area contributed by atoms with Crippen molar-refractivity contribution in [3.8, 4) is 5.75 Å². The highest BCUT2D eigenvalue weighted by Crippen LogP contribution is 2.25. The highest BCUT2D eigenvalue weighted by Gasteiger charge is 2.03. The van der Waals surface area contributed by atoms with Gasteiger partial charge in [-0.3, -0.25) is 0 Å². The van der Waals surface area contributed by atoms with Crippen LogP contribution in [0.3, 0.4) is 0 Å². The third-order valence-corrected chi connectivity index (χ3v) is 3.30. The molecule has 0 spiro atoms. The Morgan fingerprint density at radius 1 is 1.40 bits per heavy atom. The molecule has 2 aromatic rings. The summed E-state index contributed by atoms with van der Waals surface area (Å²) in [5, 5.41) is 12.4. The molecule has 1 heterocycles. The second kappa shape index (κ2) is 4.84. The lowest BCUT2D eigenvalue weighted by Crippen LogP contribution is -2.18. The van der Waals surface area contributed by atoms with Crippen LogP contribution in [0.5, 0.6) is 5.75 Å². The minimum atomic E-state index is -0.607. The van der Waals surface area contributed by atoms with Crippen LogP contribution in [0.2, 0.25) is 0 Å². The average molecular weight is 243 g/mol. The molecule has 0 fully saturated rings. The third kappa shape index (κ3) is 2.62. The van der Waals surface area contributed by atoms with Gasteiger partial charge < -0.3 is 9.84 Å². The van der Waals surface area contributed by atoms with E-state index in [4.69, 9.17) is 16.3 Å². The standard InChI is InChI=1S/C11H11ClO2S/c12-6-9(13)7-14-10-1-2-11-8(5-10)3-4-15-11/h1-5,9,13H,6-7H2. The summed E-state index contributed by atoms with van der Waals surface area (Å²) in [6.45, 7) is 0.235. The Morgan fingerprint density at radius 3 is 3.07 bits per heavy atom. The van der Waals surface area contributed by atoms with Crippen LogP contribution in [-0.2, 0) is 0 Å². The van der Waals surface area contributed by atoms with Gasteiger partial charge in [0.2, 0.25) is 0 Å². The fraction of sp³-hybridized carbons (Fsp3) is 0.273. The van der Waals surface area contributed by atoms with Crippen LogP contribution >= 0.6 is 22.9 Å². The van der Waals surface area contributed by atoms with Crippen LogP contribution in [-0.4, -0.2) is 23.7 Å². The molecule has 0 amide bonds. The number of halogens is 1. The molecule has 0 radical (unpaired) electrons. The summed E-state index contributed by atoms with van der Waals surface area (Å²) in [4.78, 5) is 0. The van der Waals surface area contributed by atoms with Crippen LogP contribution < -0.4 is 4.74 Å². The van der Waals surface area contributed by atoms with Crippen molar-refractivity contribution in [2.24, 2.45) is 0 Å². The summed E-state index contributed by atoms with van der Waals surface area (Å²) in [5.74, 6) is 0.964. The monoisotopic (exact) mass is 242 g/mol. The molecule has 2 rings (SSSR count). The summed E-state index contributed by atoms with van der Waals surface area (Å²) >= 11 is 7.17. The van der Waals surface area contributed by atoms with Crippen molar-refractivity contribution in [3.05, 3.63) is 29.6 Å². The highest BCUT2D eigenvalue weighted by molar-refractivity contribution is 7.17. The number of fused-ring (bicyclic) bond motifs is 1. The number of ether oxygens (including phenoxy) is 1. The lowest BCUT2D eigenvalue weighted by Gasteiger charge is -2.09. The van der Waals surface area contributed by atoms with Gasteiger partial charge in [-0.2, -0.15) is 0 Å². The van der Waals surface area contributed by atoms with Gasteiger partial charge >= 0.3 is 0 Å². The number of aliphatic hydroxyl groups is 1. The molecule has 0 saturated heterocycles. The first-order valence-corrected chi connectivity index (χ1v) is 6.05. The van der Waals surface area contributed by atoms with Crippen molar-refractivity contribution in [1.29, 1.82) is 0 Å². The first kappa shape index (κ1) is 10.7. The molecular formula is C11H11ClO2S. The van der Waals surface area contributed by atoms with Gasteiger partial charge in [0.15, 0.2) is 0 Å². The molecule has 0 aliphatic heterocycles. The molecule has 1 unspecified atom stereocenters. The molecule has 1 N–H and O–H groups in total. The number of aliphatic hydroxyl groups excluding tert-OH is 1. The maximum atomic E-state index is 9.24. The lowest BCUT2D eigenvalue weighted by molar-refractivity contribution is 0.125. The molecule has 0 aliphatic rings. The molecule has 80 valence electrons. The Kier molecular flexibility index (Phi) is 3.46. The van der Waals surface area contributed by atoms with Gasteiger partial charge in [0.25, 0.3) is 0 Å². The average Bonchev–Trinajstić information content (AvgIpc) is 2.72. The zero-order valence-electron chi connectivity index (χ0n) is 8.02. The number of hydrogen-bond donors (Lipinski definition) is 1. The number of thiophene rings is 1. The smallest absolute Gasteiger partial charge is 0.120 e. The van der Waals surface area contributed by atoms with Crippen LogP contribution in [0.4, 0.5) is 0 Å². The summed E-state index contributed by atoms with van der Waals surface area (Å²) in [7, 11) is 0. The number of alkyl halides is 1. The van der Waals surface area contributed by atoms with Gasteiger partial charge in [-0.15, -0.1) is 22.9 Å². The Morgan fingerprint density at radius 2 is 2.27 bits per heavy atom. The summed E-state index contributed by atoms with van der Waals surface area (Å²) in [6.07, 6.45) is -0.607. The molecule has 0 saturated carbocycles. The first-order chi connectivity index (χ1) is 7.29. The summed E-state index contributed by atoms with van der Waals surface area (Å²) < 4.78 is 6.64. The van der Waals surface area contributed by atoms with Gasteiger partial charge in [0.05, 0.1) is 5.88 Å². The molecule has 1 aromatic carbocycles. The van der Waals surface area contributed by atoms with Gasteiger partial charge in [-0.25, -0.2) is 0 Å². The van der Waals surface area contributed by atoms with E-state index in [1.807, 2.05) is 29.6 Å². The molecule has 15 heavy (non-hydrogen) atoms. The van der Waals surface area contributed by atoms with E-state index in [9.17, 15) is 5.11 Å². The predicted octanol–water partition coefficient (Wildman–Crippen LogP) is 2.88. The van der Waals surface area contributed by atoms with Gasteiger partial charge in [-0.1, -0.05) is 0 Å². The Hall–Kier alpha value is -0.770. The van der Waals surface area contributed by atoms with Crippen LogP contribution in [0.1, 0.15) is 0 Å². The quantitative estimate of drug-likeness (QED) is 0.836. The topological polar surface area (TPSA) is 29.5 Å². The van der Waals surface area contributed by atoms with Crippen molar-refractivity contribution < 1.29 is 9.84 Å². The molecule has 4 heteroatoms. The predicted molar refractivity (Wildman–Crippen MR) is 64.0 cm³/mol. The van der Waals surface area contributed by atoms with Gasteiger partial charge in [0, 0.05) is 4.70 Å². The van der Waals surface area contributed by atoms with E-state index in [-0.39, 0.29) is 12.5 Å². The van der Waals surface area contributed by atoms with Gasteiger partial charge in [-0.05, 0) is 35.0 Å². The Balaban J connectivity index is 2.08. The molecule has 0 aliphatic carbocycles. The normalized spacial score (nSPS) is 12.9. The largest absolute Gasteiger partial charge is 0.491 e. The molecule has 2 nitrogen and oxygen atoms in total. The van der Waals surface area contributed by atoms with Gasteiger partial charge in [0.1, 0.15) is 18.5 Å². The fourth-order valence-corrected chi connectivity index (χ4v) is 2.13. The second-order valence-corrected chi connectivity index (χ2v) is 4.50. The third-order valence-electron chi connectivity index (χ3n) is 2.04. The maximum Gasteiger partial charge on any atom is 0.120 e. The van der Waals surface area contributed by atoms with Crippen LogP contribution in [0.25, 0.3) is 10.1 Å². The van der Waals surface area contributed by atoms with Crippen molar-refractivity contribution >= 4 is 33.0 Å². The van der Waals surface area contributed by atoms with Crippen LogP contribution in [0, 0.1) is 0 Å². The van der Waals surface area contributed by atoms with E-state index in [2.05, 4.69) is 0 Å². The van der Waals surface area contributed by atoms with E-state index >= 15 is 0 Å². The van der Waals surface area contributed by atoms with E-state index in [0.29, 0.717) is 0 Å². The second-order valence-electron chi connectivity index (χ2n) is 3.24. The number of rotatable bonds is 4. The fourth-order valence-electron chi connectivity index (χ4n) is 1.27. The zero-order chi connectivity index (χ0) is 10.7. The molecule has 0 bridgehead atoms. The van der Waals surface area contributed by atoms with Crippen molar-refractivity contribution in [2.45, 2.75) is 6.10 Å². The highest BCUT2D eigenvalue weighted by atomic mass is 35.5.